The number of rotatable bonds is 1. The van der Waals surface area contributed by atoms with Crippen LogP contribution in [0.4, 0.5) is 5.00 Å². The van der Waals surface area contributed by atoms with Crippen LogP contribution >= 0.6 is 11.3 Å². The van der Waals surface area contributed by atoms with Gasteiger partial charge in [-0.2, -0.15) is 0 Å². The van der Waals surface area contributed by atoms with Gasteiger partial charge in [0.25, 0.3) is 0 Å². The molecular weight excluding hydrogens is 266 g/mol. The minimum Gasteiger partial charge on any atom is -0.308 e. The van der Waals surface area contributed by atoms with E-state index in [9.17, 15) is 0 Å². The van der Waals surface area contributed by atoms with Gasteiger partial charge in [0.15, 0.2) is 0 Å². The summed E-state index contributed by atoms with van der Waals surface area (Å²) < 4.78 is 0. The lowest BCUT2D eigenvalue weighted by molar-refractivity contribution is 0.663. The number of aliphatic imine (C=N–C) groups is 2. The average molecular weight is 281 g/mol. The molecule has 2 aromatic rings. The second-order valence-corrected chi connectivity index (χ2v) is 6.32. The summed E-state index contributed by atoms with van der Waals surface area (Å²) in [4.78, 5) is 13.2. The van der Waals surface area contributed by atoms with E-state index in [-0.39, 0.29) is 0 Å². The smallest absolute Gasteiger partial charge is 0.143 e. The normalized spacial score (nSPS) is 16.6. The largest absolute Gasteiger partial charge is 0.308 e. The highest BCUT2D eigenvalue weighted by atomic mass is 32.1. The van der Waals surface area contributed by atoms with Gasteiger partial charge in [-0.15, -0.1) is 11.3 Å². The van der Waals surface area contributed by atoms with Crippen LogP contribution in [0.2, 0.25) is 0 Å². The standard InChI is InChI=1S/C16H15N3S/c1-10-11(2)20-16-13(10)15-17-8-9-19(15)14(18-16)12-6-4-3-5-7-12/h3-7H,8-9H2,1-2H3. The van der Waals surface area contributed by atoms with Gasteiger partial charge in [0, 0.05) is 17.0 Å². The van der Waals surface area contributed by atoms with E-state index >= 15 is 0 Å². The number of hydrogen-bond acceptors (Lipinski definition) is 4. The zero-order chi connectivity index (χ0) is 13.7. The van der Waals surface area contributed by atoms with Crippen molar-refractivity contribution < 1.29 is 0 Å². The third-order valence-corrected chi connectivity index (χ3v) is 5.03. The maximum atomic E-state index is 4.92. The molecule has 0 aliphatic carbocycles. The zero-order valence-electron chi connectivity index (χ0n) is 11.6. The van der Waals surface area contributed by atoms with Gasteiger partial charge in [0.05, 0.1) is 12.1 Å². The van der Waals surface area contributed by atoms with Crippen LogP contribution in [0.1, 0.15) is 21.6 Å². The van der Waals surface area contributed by atoms with Gasteiger partial charge in [0.1, 0.15) is 16.7 Å². The molecule has 0 radical (unpaired) electrons. The molecule has 0 unspecified atom stereocenters. The van der Waals surface area contributed by atoms with Crippen molar-refractivity contribution in [2.45, 2.75) is 13.8 Å². The Kier molecular flexibility index (Phi) is 2.54. The maximum absolute atomic E-state index is 4.92. The summed E-state index contributed by atoms with van der Waals surface area (Å²) in [6, 6.07) is 10.4. The Morgan fingerprint density at radius 1 is 1.10 bits per heavy atom. The van der Waals surface area contributed by atoms with Gasteiger partial charge in [-0.25, -0.2) is 4.99 Å². The second kappa shape index (κ2) is 4.28. The van der Waals surface area contributed by atoms with Crippen molar-refractivity contribution in [2.24, 2.45) is 9.98 Å². The third kappa shape index (κ3) is 1.58. The number of amidine groups is 2. The SMILES string of the molecule is Cc1sc2c(c1C)C1=NCCN1C(c1ccccc1)=N2. The van der Waals surface area contributed by atoms with Crippen LogP contribution in [-0.4, -0.2) is 29.7 Å². The van der Waals surface area contributed by atoms with Crippen LogP contribution in [0.25, 0.3) is 0 Å². The number of fused-ring (bicyclic) bond motifs is 3. The number of hydrogen-bond donors (Lipinski definition) is 0. The quantitative estimate of drug-likeness (QED) is 0.786. The molecule has 0 atom stereocenters. The lowest BCUT2D eigenvalue weighted by atomic mass is 10.1. The Hall–Kier alpha value is -1.94. The van der Waals surface area contributed by atoms with Gasteiger partial charge < -0.3 is 4.90 Å². The maximum Gasteiger partial charge on any atom is 0.143 e. The number of nitrogens with zero attached hydrogens (tertiary/aromatic N) is 3. The van der Waals surface area contributed by atoms with Crippen molar-refractivity contribution in [3.8, 4) is 0 Å². The van der Waals surface area contributed by atoms with Crippen molar-refractivity contribution in [3.05, 3.63) is 51.9 Å². The molecular formula is C16H15N3S. The van der Waals surface area contributed by atoms with Crippen LogP contribution < -0.4 is 0 Å². The van der Waals surface area contributed by atoms with Crippen molar-refractivity contribution in [1.29, 1.82) is 0 Å². The summed E-state index contributed by atoms with van der Waals surface area (Å²) in [5.74, 6) is 2.14. The Balaban J connectivity index is 1.95. The van der Waals surface area contributed by atoms with E-state index in [2.05, 4.69) is 43.0 Å². The molecule has 1 aromatic heterocycles. The Bertz CT molecular complexity index is 741. The van der Waals surface area contributed by atoms with E-state index in [1.807, 2.05) is 6.07 Å². The number of benzene rings is 1. The first kappa shape index (κ1) is 11.9. The van der Waals surface area contributed by atoms with Gasteiger partial charge in [-0.3, -0.25) is 4.99 Å². The predicted molar refractivity (Wildman–Crippen MR) is 84.5 cm³/mol. The van der Waals surface area contributed by atoms with E-state index in [0.29, 0.717) is 0 Å². The Morgan fingerprint density at radius 2 is 1.90 bits per heavy atom. The van der Waals surface area contributed by atoms with E-state index in [0.717, 1.165) is 35.3 Å². The highest BCUT2D eigenvalue weighted by Gasteiger charge is 2.32. The van der Waals surface area contributed by atoms with Crippen LogP contribution in [0.5, 0.6) is 0 Å². The molecule has 4 heteroatoms. The molecule has 2 aliphatic heterocycles. The molecule has 3 nitrogen and oxygen atoms in total. The molecule has 0 saturated heterocycles. The van der Waals surface area contributed by atoms with Gasteiger partial charge >= 0.3 is 0 Å². The van der Waals surface area contributed by atoms with Crippen LogP contribution in [0.3, 0.4) is 0 Å². The van der Waals surface area contributed by atoms with Crippen LogP contribution in [0.15, 0.2) is 40.3 Å². The summed E-state index contributed by atoms with van der Waals surface area (Å²) in [5, 5.41) is 1.11. The molecule has 4 rings (SSSR count). The van der Waals surface area contributed by atoms with Crippen LogP contribution in [-0.2, 0) is 0 Å². The summed E-state index contributed by atoms with van der Waals surface area (Å²) in [5.41, 5.74) is 3.73. The lowest BCUT2D eigenvalue weighted by Crippen LogP contribution is -2.37. The van der Waals surface area contributed by atoms with Crippen molar-refractivity contribution in [2.75, 3.05) is 13.1 Å². The van der Waals surface area contributed by atoms with Crippen molar-refractivity contribution >= 4 is 28.0 Å². The van der Waals surface area contributed by atoms with Gasteiger partial charge in [-0.1, -0.05) is 30.3 Å². The fourth-order valence-corrected chi connectivity index (χ4v) is 3.81. The molecule has 0 amide bonds. The molecule has 0 bridgehead atoms. The highest BCUT2D eigenvalue weighted by molar-refractivity contribution is 7.16. The zero-order valence-corrected chi connectivity index (χ0v) is 12.4. The molecule has 20 heavy (non-hydrogen) atoms. The molecule has 0 saturated carbocycles. The molecule has 100 valence electrons. The Morgan fingerprint density at radius 3 is 2.70 bits per heavy atom. The first-order chi connectivity index (χ1) is 9.75. The summed E-state index contributed by atoms with van der Waals surface area (Å²) in [7, 11) is 0. The topological polar surface area (TPSA) is 28.0 Å². The average Bonchev–Trinajstić information content (AvgIpc) is 3.05. The van der Waals surface area contributed by atoms with E-state index in [1.165, 1.54) is 16.0 Å². The minimum absolute atomic E-state index is 0.856. The first-order valence-corrected chi connectivity index (χ1v) is 7.64. The number of thiophene rings is 1. The van der Waals surface area contributed by atoms with Gasteiger partial charge in [-0.05, 0) is 19.4 Å². The highest BCUT2D eigenvalue weighted by Crippen LogP contribution is 2.40. The van der Waals surface area contributed by atoms with E-state index in [1.54, 1.807) is 11.3 Å². The fourth-order valence-electron chi connectivity index (χ4n) is 2.78. The summed E-state index contributed by atoms with van der Waals surface area (Å²) >= 11 is 1.77. The molecule has 0 fully saturated rings. The predicted octanol–water partition coefficient (Wildman–Crippen LogP) is 3.52. The molecule has 2 aliphatic rings. The second-order valence-electron chi connectivity index (χ2n) is 5.12. The lowest BCUT2D eigenvalue weighted by Gasteiger charge is -2.26. The molecule has 0 N–H and O–H groups in total. The van der Waals surface area contributed by atoms with E-state index < -0.39 is 0 Å². The fraction of sp³-hybridized carbons (Fsp3) is 0.250. The summed E-state index contributed by atoms with van der Waals surface area (Å²) in [6.45, 7) is 6.12. The first-order valence-electron chi connectivity index (χ1n) is 6.82. The molecule has 0 spiro atoms. The van der Waals surface area contributed by atoms with E-state index in [4.69, 9.17) is 9.98 Å². The minimum atomic E-state index is 0.856. The Labute approximate surface area is 122 Å². The van der Waals surface area contributed by atoms with Crippen molar-refractivity contribution in [3.63, 3.8) is 0 Å². The monoisotopic (exact) mass is 281 g/mol. The molecule has 3 heterocycles. The summed E-state index contributed by atoms with van der Waals surface area (Å²) in [6.07, 6.45) is 0. The van der Waals surface area contributed by atoms with Crippen LogP contribution in [0, 0.1) is 13.8 Å². The van der Waals surface area contributed by atoms with Crippen molar-refractivity contribution in [1.82, 2.24) is 4.90 Å². The third-order valence-electron chi connectivity index (χ3n) is 3.93. The van der Waals surface area contributed by atoms with Gasteiger partial charge in [0.2, 0.25) is 0 Å². The molecule has 1 aromatic carbocycles. The number of aryl methyl sites for hydroxylation is 1.